The molecule has 0 aromatic carbocycles. The standard InChI is InChI=1S/C32H57N9O14/c1-14(2)11-19(28(50)41-25(16(4)44)31(53)37-18(32(54)55)8-9-23(46)47)38-29(51)21(13-42)40-27(49)20(12-22(34)45)39-26(48)17(7-5-6-10-33)36-30(52)24(35)15(3)43/h14-21,24-25,42-44H,5-13,33,35H2,1-4H3,(H2,34,45)(H,36,52)(H,37,53)(H,38,51)(H,39,48)(H,40,49)(H,41,50)(H,46,47)(H,54,55)/t15-,16-,17+,18+,19+,20+,21+,24+,25+/m1/s1. The average molecular weight is 792 g/mol. The van der Waals surface area contributed by atoms with E-state index < -0.39 is 134 Å². The lowest BCUT2D eigenvalue weighted by Crippen LogP contribution is -2.62. The number of amides is 7. The van der Waals surface area contributed by atoms with Gasteiger partial charge in [-0.3, -0.25) is 38.4 Å². The number of hydrogen-bond acceptors (Lipinski definition) is 14. The van der Waals surface area contributed by atoms with Crippen LogP contribution < -0.4 is 49.1 Å². The highest BCUT2D eigenvalue weighted by Gasteiger charge is 2.35. The fraction of sp³-hybridized carbons (Fsp3) is 0.719. The number of carbonyl (C=O) groups is 9. The van der Waals surface area contributed by atoms with Crippen LogP contribution in [0.4, 0.5) is 0 Å². The SMILES string of the molecule is CC(C)C[C@H](NC(=O)[C@H](CO)NC(=O)[C@H](CC(N)=O)NC(=O)[C@H](CCCCN)NC(=O)[C@@H](N)[C@@H](C)O)C(=O)N[C@H](C(=O)N[C@@H](CCC(=O)O)C(=O)O)[C@@H](C)O. The Morgan fingerprint density at radius 2 is 1.09 bits per heavy atom. The highest BCUT2D eigenvalue weighted by Crippen LogP contribution is 2.09. The first-order chi connectivity index (χ1) is 25.5. The second-order valence-corrected chi connectivity index (χ2v) is 13.3. The Kier molecular flexibility index (Phi) is 22.9. The number of unbranched alkanes of at least 4 members (excludes halogenated alkanes) is 1. The molecule has 0 radical (unpaired) electrons. The summed E-state index contributed by atoms with van der Waals surface area (Å²) < 4.78 is 0. The van der Waals surface area contributed by atoms with Gasteiger partial charge in [-0.2, -0.15) is 0 Å². The second-order valence-electron chi connectivity index (χ2n) is 13.3. The zero-order valence-corrected chi connectivity index (χ0v) is 31.3. The summed E-state index contributed by atoms with van der Waals surface area (Å²) in [6.07, 6.45) is -4.11. The van der Waals surface area contributed by atoms with Crippen molar-refractivity contribution in [2.75, 3.05) is 13.2 Å². The lowest BCUT2D eigenvalue weighted by Gasteiger charge is -2.28. The molecule has 0 saturated heterocycles. The van der Waals surface area contributed by atoms with Crippen molar-refractivity contribution in [1.29, 1.82) is 0 Å². The lowest BCUT2D eigenvalue weighted by atomic mass is 10.0. The smallest absolute Gasteiger partial charge is 0.326 e. The molecule has 0 bridgehead atoms. The number of rotatable bonds is 27. The van der Waals surface area contributed by atoms with Gasteiger partial charge in [0, 0.05) is 6.42 Å². The summed E-state index contributed by atoms with van der Waals surface area (Å²) in [5.41, 5.74) is 16.5. The third kappa shape index (κ3) is 19.3. The number of aliphatic carboxylic acids is 2. The van der Waals surface area contributed by atoms with Crippen LogP contribution in [0.15, 0.2) is 0 Å². The maximum Gasteiger partial charge on any atom is 0.326 e. The number of carbonyl (C=O) groups excluding carboxylic acids is 7. The number of hydrogen-bond donors (Lipinski definition) is 14. The van der Waals surface area contributed by atoms with E-state index in [2.05, 4.69) is 31.9 Å². The van der Waals surface area contributed by atoms with Crippen LogP contribution in [-0.2, 0) is 43.2 Å². The van der Waals surface area contributed by atoms with Gasteiger partial charge >= 0.3 is 11.9 Å². The molecule has 0 saturated carbocycles. The van der Waals surface area contributed by atoms with E-state index in [4.69, 9.17) is 22.3 Å². The molecule has 0 rings (SSSR count). The van der Waals surface area contributed by atoms with E-state index in [0.717, 1.165) is 6.92 Å². The molecule has 0 aliphatic rings. The average Bonchev–Trinajstić information content (AvgIpc) is 3.08. The number of primary amides is 1. The van der Waals surface area contributed by atoms with Crippen molar-refractivity contribution in [1.82, 2.24) is 31.9 Å². The monoisotopic (exact) mass is 791 g/mol. The van der Waals surface area contributed by atoms with Crippen molar-refractivity contribution < 1.29 is 68.7 Å². The van der Waals surface area contributed by atoms with E-state index >= 15 is 0 Å². The molecule has 0 heterocycles. The minimum absolute atomic E-state index is 0.00955. The van der Waals surface area contributed by atoms with E-state index in [1.54, 1.807) is 13.8 Å². The predicted molar refractivity (Wildman–Crippen MR) is 191 cm³/mol. The topological polar surface area (TPSA) is 405 Å². The molecule has 55 heavy (non-hydrogen) atoms. The van der Waals surface area contributed by atoms with Crippen LogP contribution in [0.1, 0.15) is 72.6 Å². The molecule has 0 aromatic heterocycles. The molecule has 0 unspecified atom stereocenters. The van der Waals surface area contributed by atoms with Crippen LogP contribution in [0.5, 0.6) is 0 Å². The van der Waals surface area contributed by atoms with Crippen LogP contribution in [0.2, 0.25) is 0 Å². The van der Waals surface area contributed by atoms with Crippen LogP contribution >= 0.6 is 0 Å². The van der Waals surface area contributed by atoms with Gasteiger partial charge < -0.3 is 74.6 Å². The maximum absolute atomic E-state index is 13.3. The van der Waals surface area contributed by atoms with Gasteiger partial charge in [-0.05, 0) is 58.4 Å². The maximum atomic E-state index is 13.3. The first kappa shape index (κ1) is 50.0. The minimum Gasteiger partial charge on any atom is -0.481 e. The number of aliphatic hydroxyl groups excluding tert-OH is 3. The Labute approximate surface area is 317 Å². The van der Waals surface area contributed by atoms with Gasteiger partial charge in [0.05, 0.1) is 25.2 Å². The van der Waals surface area contributed by atoms with Gasteiger partial charge in [0.15, 0.2) is 0 Å². The normalized spacial score (nSPS) is 16.0. The first-order valence-corrected chi connectivity index (χ1v) is 17.5. The van der Waals surface area contributed by atoms with Gasteiger partial charge in [0.25, 0.3) is 0 Å². The molecule has 7 amide bonds. The summed E-state index contributed by atoms with van der Waals surface area (Å²) in [7, 11) is 0. The third-order valence-electron chi connectivity index (χ3n) is 7.92. The molecule has 23 heteroatoms. The number of aliphatic hydroxyl groups is 3. The van der Waals surface area contributed by atoms with E-state index in [1.165, 1.54) is 6.92 Å². The highest BCUT2D eigenvalue weighted by atomic mass is 16.4. The van der Waals surface area contributed by atoms with Crippen molar-refractivity contribution in [2.24, 2.45) is 23.1 Å². The highest BCUT2D eigenvalue weighted by molar-refractivity contribution is 5.98. The Hall–Kier alpha value is -4.97. The molecule has 0 spiro atoms. The summed E-state index contributed by atoms with van der Waals surface area (Å²) in [5, 5.41) is 61.6. The third-order valence-corrected chi connectivity index (χ3v) is 7.92. The number of nitrogens with two attached hydrogens (primary N) is 3. The van der Waals surface area contributed by atoms with Crippen molar-refractivity contribution in [2.45, 2.75) is 127 Å². The van der Waals surface area contributed by atoms with Crippen LogP contribution in [0.3, 0.4) is 0 Å². The van der Waals surface area contributed by atoms with Crippen molar-refractivity contribution in [3.05, 3.63) is 0 Å². The zero-order chi connectivity index (χ0) is 42.6. The summed E-state index contributed by atoms with van der Waals surface area (Å²) in [5.74, 6) is -10.7. The molecular formula is C32H57N9O14. The van der Waals surface area contributed by atoms with Gasteiger partial charge in [0.1, 0.15) is 42.3 Å². The molecular weight excluding hydrogens is 734 g/mol. The largest absolute Gasteiger partial charge is 0.481 e. The van der Waals surface area contributed by atoms with Crippen LogP contribution in [0.25, 0.3) is 0 Å². The molecule has 0 fully saturated rings. The minimum atomic E-state index is -1.80. The zero-order valence-electron chi connectivity index (χ0n) is 31.3. The Morgan fingerprint density at radius 3 is 1.56 bits per heavy atom. The second kappa shape index (κ2) is 25.2. The fourth-order valence-corrected chi connectivity index (χ4v) is 4.82. The van der Waals surface area contributed by atoms with E-state index in [-0.39, 0.29) is 25.3 Å². The van der Waals surface area contributed by atoms with Crippen molar-refractivity contribution >= 4 is 53.3 Å². The summed E-state index contributed by atoms with van der Waals surface area (Å²) in [4.78, 5) is 113. The molecule has 0 aromatic rings. The van der Waals surface area contributed by atoms with Crippen molar-refractivity contribution in [3.63, 3.8) is 0 Å². The van der Waals surface area contributed by atoms with Gasteiger partial charge in [-0.1, -0.05) is 13.8 Å². The Bertz CT molecular complexity index is 1350. The number of carboxylic acid groups (broad SMARTS) is 2. The summed E-state index contributed by atoms with van der Waals surface area (Å²) in [6, 6.07) is -11.2. The molecule has 17 N–H and O–H groups in total. The number of nitrogens with one attached hydrogen (secondary N) is 6. The molecule has 23 nitrogen and oxygen atoms in total. The Balaban J connectivity index is 6.08. The van der Waals surface area contributed by atoms with E-state index in [0.29, 0.717) is 12.8 Å². The molecule has 0 aliphatic carbocycles. The number of carboxylic acids is 2. The molecule has 9 atom stereocenters. The molecule has 314 valence electrons. The van der Waals surface area contributed by atoms with E-state index in [9.17, 15) is 63.6 Å². The first-order valence-electron chi connectivity index (χ1n) is 17.5. The lowest BCUT2D eigenvalue weighted by molar-refractivity contribution is -0.144. The Morgan fingerprint density at radius 1 is 0.600 bits per heavy atom. The van der Waals surface area contributed by atoms with Gasteiger partial charge in [0.2, 0.25) is 41.4 Å². The predicted octanol–water partition coefficient (Wildman–Crippen LogP) is -6.02. The molecule has 0 aliphatic heterocycles. The van der Waals surface area contributed by atoms with Gasteiger partial charge in [-0.25, -0.2) is 4.79 Å². The summed E-state index contributed by atoms with van der Waals surface area (Å²) in [6.45, 7) is 4.88. The van der Waals surface area contributed by atoms with Crippen molar-refractivity contribution in [3.8, 4) is 0 Å². The van der Waals surface area contributed by atoms with Gasteiger partial charge in [-0.15, -0.1) is 0 Å². The van der Waals surface area contributed by atoms with Crippen LogP contribution in [-0.4, -0.2) is 146 Å². The summed E-state index contributed by atoms with van der Waals surface area (Å²) >= 11 is 0. The van der Waals surface area contributed by atoms with E-state index in [1.807, 2.05) is 0 Å². The fourth-order valence-electron chi connectivity index (χ4n) is 4.82. The van der Waals surface area contributed by atoms with Crippen LogP contribution in [0, 0.1) is 5.92 Å². The quantitative estimate of drug-likeness (QED) is 0.0344.